The van der Waals surface area contributed by atoms with Gasteiger partial charge in [-0.2, -0.15) is 0 Å². The molecule has 0 saturated heterocycles. The lowest BCUT2D eigenvalue weighted by Crippen LogP contribution is -2.01. The van der Waals surface area contributed by atoms with Crippen LogP contribution >= 0.6 is 11.3 Å². The van der Waals surface area contributed by atoms with E-state index in [4.69, 9.17) is 4.74 Å². The normalized spacial score (nSPS) is 12.4. The molecule has 1 heterocycles. The standard InChI is InChI=1S/C13H15NO2S/c1-9-3-4-10(5-13(9)16-2)12(15)6-11-7-14-8-17-11/h3-5,7-8,12,15H,6H2,1-2H3. The largest absolute Gasteiger partial charge is 0.496 e. The van der Waals surface area contributed by atoms with Crippen LogP contribution in [0.15, 0.2) is 29.9 Å². The molecule has 0 radical (unpaired) electrons. The number of rotatable bonds is 4. The molecule has 1 atom stereocenters. The smallest absolute Gasteiger partial charge is 0.122 e. The summed E-state index contributed by atoms with van der Waals surface area (Å²) >= 11 is 1.56. The number of aliphatic hydroxyl groups excluding tert-OH is 1. The predicted octanol–water partition coefficient (Wildman–Crippen LogP) is 2.74. The molecule has 0 fully saturated rings. The minimum Gasteiger partial charge on any atom is -0.496 e. The molecule has 0 saturated carbocycles. The molecule has 1 aromatic carbocycles. The van der Waals surface area contributed by atoms with Crippen LogP contribution in [0.1, 0.15) is 22.1 Å². The van der Waals surface area contributed by atoms with Crippen molar-refractivity contribution in [3.05, 3.63) is 45.9 Å². The van der Waals surface area contributed by atoms with Gasteiger partial charge in [-0.1, -0.05) is 12.1 Å². The van der Waals surface area contributed by atoms with Gasteiger partial charge in [-0.25, -0.2) is 0 Å². The minimum absolute atomic E-state index is 0.509. The first-order valence-corrected chi connectivity index (χ1v) is 6.28. The molecule has 1 N–H and O–H groups in total. The van der Waals surface area contributed by atoms with Crippen molar-refractivity contribution in [3.8, 4) is 5.75 Å². The van der Waals surface area contributed by atoms with Crippen LogP contribution in [-0.2, 0) is 6.42 Å². The third kappa shape index (κ3) is 2.84. The van der Waals surface area contributed by atoms with E-state index in [1.165, 1.54) is 0 Å². The van der Waals surface area contributed by atoms with Gasteiger partial charge in [0.1, 0.15) is 5.75 Å². The van der Waals surface area contributed by atoms with Crippen molar-refractivity contribution in [2.75, 3.05) is 7.11 Å². The van der Waals surface area contributed by atoms with E-state index in [0.717, 1.165) is 21.8 Å². The van der Waals surface area contributed by atoms with Crippen molar-refractivity contribution in [3.63, 3.8) is 0 Å². The van der Waals surface area contributed by atoms with Crippen LogP contribution in [0.3, 0.4) is 0 Å². The monoisotopic (exact) mass is 249 g/mol. The lowest BCUT2D eigenvalue weighted by atomic mass is 10.0. The van der Waals surface area contributed by atoms with Gasteiger partial charge in [0.05, 0.1) is 18.7 Å². The molecule has 0 aliphatic rings. The maximum absolute atomic E-state index is 10.1. The second-order valence-corrected chi connectivity index (χ2v) is 4.89. The zero-order chi connectivity index (χ0) is 12.3. The Kier molecular flexibility index (Phi) is 3.76. The van der Waals surface area contributed by atoms with Gasteiger partial charge in [0.2, 0.25) is 0 Å². The Bertz CT molecular complexity index is 482. The molecule has 1 aromatic heterocycles. The summed E-state index contributed by atoms with van der Waals surface area (Å²) in [7, 11) is 1.64. The van der Waals surface area contributed by atoms with Crippen molar-refractivity contribution in [1.29, 1.82) is 0 Å². The van der Waals surface area contributed by atoms with Gasteiger partial charge in [-0.15, -0.1) is 11.3 Å². The molecular formula is C13H15NO2S. The summed E-state index contributed by atoms with van der Waals surface area (Å²) in [6.07, 6.45) is 1.88. The number of aliphatic hydroxyl groups is 1. The SMILES string of the molecule is COc1cc(C(O)Cc2cncs2)ccc1C. The van der Waals surface area contributed by atoms with E-state index in [-0.39, 0.29) is 0 Å². The molecule has 4 heteroatoms. The number of thiazole rings is 1. The summed E-state index contributed by atoms with van der Waals surface area (Å²) in [6.45, 7) is 1.98. The second-order valence-electron chi connectivity index (χ2n) is 3.92. The number of hydrogen-bond acceptors (Lipinski definition) is 4. The topological polar surface area (TPSA) is 42.4 Å². The molecule has 0 amide bonds. The fraction of sp³-hybridized carbons (Fsp3) is 0.308. The van der Waals surface area contributed by atoms with E-state index in [2.05, 4.69) is 4.98 Å². The Balaban J connectivity index is 2.16. The fourth-order valence-corrected chi connectivity index (χ4v) is 2.33. The van der Waals surface area contributed by atoms with Gasteiger partial charge in [-0.05, 0) is 24.1 Å². The Labute approximate surface area is 105 Å². The first-order valence-electron chi connectivity index (χ1n) is 5.40. The van der Waals surface area contributed by atoms with E-state index in [0.29, 0.717) is 6.42 Å². The van der Waals surface area contributed by atoms with Gasteiger partial charge < -0.3 is 9.84 Å². The van der Waals surface area contributed by atoms with E-state index in [1.54, 1.807) is 30.2 Å². The van der Waals surface area contributed by atoms with Gasteiger partial charge in [-0.3, -0.25) is 4.98 Å². The van der Waals surface area contributed by atoms with Crippen LogP contribution in [-0.4, -0.2) is 17.2 Å². The molecular weight excluding hydrogens is 234 g/mol. The highest BCUT2D eigenvalue weighted by molar-refractivity contribution is 7.09. The quantitative estimate of drug-likeness (QED) is 0.906. The van der Waals surface area contributed by atoms with Crippen molar-refractivity contribution in [1.82, 2.24) is 4.98 Å². The molecule has 0 spiro atoms. The molecule has 2 aromatic rings. The zero-order valence-electron chi connectivity index (χ0n) is 9.88. The first-order chi connectivity index (χ1) is 8.20. The van der Waals surface area contributed by atoms with Crippen molar-refractivity contribution in [2.24, 2.45) is 0 Å². The van der Waals surface area contributed by atoms with Gasteiger partial charge >= 0.3 is 0 Å². The van der Waals surface area contributed by atoms with Crippen LogP contribution < -0.4 is 4.74 Å². The number of benzene rings is 1. The fourth-order valence-electron chi connectivity index (χ4n) is 1.70. The van der Waals surface area contributed by atoms with Crippen molar-refractivity contribution >= 4 is 11.3 Å². The highest BCUT2D eigenvalue weighted by atomic mass is 32.1. The third-order valence-electron chi connectivity index (χ3n) is 2.69. The van der Waals surface area contributed by atoms with Crippen molar-refractivity contribution < 1.29 is 9.84 Å². The highest BCUT2D eigenvalue weighted by Crippen LogP contribution is 2.26. The maximum atomic E-state index is 10.1. The van der Waals surface area contributed by atoms with E-state index >= 15 is 0 Å². The lowest BCUT2D eigenvalue weighted by Gasteiger charge is -2.12. The lowest BCUT2D eigenvalue weighted by molar-refractivity contribution is 0.179. The molecule has 0 aliphatic carbocycles. The summed E-state index contributed by atoms with van der Waals surface area (Å²) < 4.78 is 5.25. The third-order valence-corrected chi connectivity index (χ3v) is 3.50. The number of aryl methyl sites for hydroxylation is 1. The summed E-state index contributed by atoms with van der Waals surface area (Å²) in [4.78, 5) is 5.08. The molecule has 0 bridgehead atoms. The van der Waals surface area contributed by atoms with Gasteiger partial charge in [0.15, 0.2) is 0 Å². The Hall–Kier alpha value is -1.39. The number of hydrogen-bond donors (Lipinski definition) is 1. The summed E-state index contributed by atoms with van der Waals surface area (Å²) in [5.41, 5.74) is 3.72. The molecule has 17 heavy (non-hydrogen) atoms. The van der Waals surface area contributed by atoms with Crippen LogP contribution in [0.2, 0.25) is 0 Å². The number of ether oxygens (including phenoxy) is 1. The first kappa shape index (κ1) is 12.1. The molecule has 1 unspecified atom stereocenters. The van der Waals surface area contributed by atoms with Crippen LogP contribution in [0, 0.1) is 6.92 Å². The molecule has 90 valence electrons. The highest BCUT2D eigenvalue weighted by Gasteiger charge is 2.11. The van der Waals surface area contributed by atoms with Crippen LogP contribution in [0.4, 0.5) is 0 Å². The number of nitrogens with zero attached hydrogens (tertiary/aromatic N) is 1. The van der Waals surface area contributed by atoms with Crippen LogP contribution in [0.5, 0.6) is 5.75 Å². The van der Waals surface area contributed by atoms with Gasteiger partial charge in [0, 0.05) is 17.5 Å². The Morgan fingerprint density at radius 1 is 1.47 bits per heavy atom. The van der Waals surface area contributed by atoms with E-state index in [1.807, 2.05) is 25.1 Å². The molecule has 2 rings (SSSR count). The van der Waals surface area contributed by atoms with E-state index < -0.39 is 6.10 Å². The predicted molar refractivity (Wildman–Crippen MR) is 68.5 cm³/mol. The maximum Gasteiger partial charge on any atom is 0.122 e. The van der Waals surface area contributed by atoms with Crippen molar-refractivity contribution in [2.45, 2.75) is 19.4 Å². The number of aromatic nitrogens is 1. The number of methoxy groups -OCH3 is 1. The summed E-state index contributed by atoms with van der Waals surface area (Å²) in [5.74, 6) is 0.811. The Morgan fingerprint density at radius 3 is 2.94 bits per heavy atom. The molecule has 3 nitrogen and oxygen atoms in total. The zero-order valence-corrected chi connectivity index (χ0v) is 10.7. The average molecular weight is 249 g/mol. The summed E-state index contributed by atoms with van der Waals surface area (Å²) in [5, 5.41) is 10.1. The Morgan fingerprint density at radius 2 is 2.29 bits per heavy atom. The minimum atomic E-state index is -0.509. The summed E-state index contributed by atoms with van der Waals surface area (Å²) in [6, 6.07) is 5.79. The van der Waals surface area contributed by atoms with E-state index in [9.17, 15) is 5.11 Å². The average Bonchev–Trinajstić information content (AvgIpc) is 2.82. The molecule has 0 aliphatic heterocycles. The van der Waals surface area contributed by atoms with Gasteiger partial charge in [0.25, 0.3) is 0 Å². The van der Waals surface area contributed by atoms with Crippen LogP contribution in [0.25, 0.3) is 0 Å². The second kappa shape index (κ2) is 5.29.